The molecule has 0 unspecified atom stereocenters. The lowest BCUT2D eigenvalue weighted by Gasteiger charge is -2.22. The van der Waals surface area contributed by atoms with Gasteiger partial charge in [-0.1, -0.05) is 23.7 Å². The summed E-state index contributed by atoms with van der Waals surface area (Å²) in [5.41, 5.74) is 1.53. The molecule has 0 radical (unpaired) electrons. The van der Waals surface area contributed by atoms with E-state index in [1.807, 2.05) is 43.3 Å². The molecule has 1 atom stereocenters. The molecule has 1 heterocycles. The van der Waals surface area contributed by atoms with Crippen LogP contribution in [0.4, 0.5) is 0 Å². The lowest BCUT2D eigenvalue weighted by Crippen LogP contribution is -2.35. The van der Waals surface area contributed by atoms with E-state index in [1.165, 1.54) is 12.5 Å². The molecule has 0 spiro atoms. The van der Waals surface area contributed by atoms with Crippen LogP contribution in [0.2, 0.25) is 5.02 Å². The van der Waals surface area contributed by atoms with Crippen LogP contribution in [0, 0.1) is 0 Å². The van der Waals surface area contributed by atoms with E-state index >= 15 is 0 Å². The van der Waals surface area contributed by atoms with Gasteiger partial charge in [0.05, 0.1) is 17.9 Å². The number of halogens is 1. The van der Waals surface area contributed by atoms with Gasteiger partial charge >= 0.3 is 0 Å². The maximum Gasteiger partial charge on any atom is 0.255 e. The van der Waals surface area contributed by atoms with Gasteiger partial charge in [-0.05, 0) is 37.9 Å². The first-order chi connectivity index (χ1) is 9.56. The van der Waals surface area contributed by atoms with Gasteiger partial charge in [0, 0.05) is 11.6 Å². The second-order valence-electron chi connectivity index (χ2n) is 4.85. The molecule has 106 valence electrons. The number of likely N-dealkylation sites (N-methyl/N-ethyl adjacent to an activating group) is 1. The highest BCUT2D eigenvalue weighted by Crippen LogP contribution is 2.18. The molecule has 0 saturated carbocycles. The van der Waals surface area contributed by atoms with E-state index in [9.17, 15) is 4.79 Å². The number of furan rings is 1. The molecular weight excluding hydrogens is 276 g/mol. The van der Waals surface area contributed by atoms with Crippen LogP contribution >= 0.6 is 11.6 Å². The van der Waals surface area contributed by atoms with Crippen molar-refractivity contribution in [2.24, 2.45) is 0 Å². The molecule has 0 bridgehead atoms. The van der Waals surface area contributed by atoms with Crippen molar-refractivity contribution in [3.8, 4) is 0 Å². The zero-order chi connectivity index (χ0) is 14.5. The van der Waals surface area contributed by atoms with Crippen LogP contribution in [-0.4, -0.2) is 31.4 Å². The molecular formula is C15H17ClN2O2. The lowest BCUT2D eigenvalue weighted by atomic mass is 10.1. The summed E-state index contributed by atoms with van der Waals surface area (Å²) in [6, 6.07) is 9.03. The standard InChI is InChI=1S/C15H17ClN2O2/c1-18(2)9-14(11-3-5-13(16)6-4-11)17-15(19)12-7-8-20-10-12/h3-8,10,14H,9H2,1-2H3,(H,17,19)/t14-/m1/s1. The minimum atomic E-state index is -0.152. The number of carbonyl (C=O) groups excluding carboxylic acids is 1. The van der Waals surface area contributed by atoms with Gasteiger partial charge in [0.25, 0.3) is 5.91 Å². The van der Waals surface area contributed by atoms with Gasteiger partial charge in [0.1, 0.15) is 6.26 Å². The lowest BCUT2D eigenvalue weighted by molar-refractivity contribution is 0.0929. The van der Waals surface area contributed by atoms with Crippen LogP contribution < -0.4 is 5.32 Å². The first-order valence-corrected chi connectivity index (χ1v) is 6.67. The van der Waals surface area contributed by atoms with E-state index in [0.29, 0.717) is 17.1 Å². The van der Waals surface area contributed by atoms with Crippen molar-refractivity contribution >= 4 is 17.5 Å². The van der Waals surface area contributed by atoms with Crippen molar-refractivity contribution in [1.82, 2.24) is 10.2 Å². The Labute approximate surface area is 123 Å². The molecule has 1 aromatic heterocycles. The van der Waals surface area contributed by atoms with Crippen molar-refractivity contribution < 1.29 is 9.21 Å². The maximum atomic E-state index is 12.1. The van der Waals surface area contributed by atoms with Gasteiger partial charge in [-0.2, -0.15) is 0 Å². The number of carbonyl (C=O) groups is 1. The van der Waals surface area contributed by atoms with E-state index in [1.54, 1.807) is 6.07 Å². The second-order valence-corrected chi connectivity index (χ2v) is 5.29. The summed E-state index contributed by atoms with van der Waals surface area (Å²) in [6.07, 6.45) is 2.92. The predicted molar refractivity (Wildman–Crippen MR) is 78.9 cm³/mol. The summed E-state index contributed by atoms with van der Waals surface area (Å²) >= 11 is 5.90. The average Bonchev–Trinajstić information content (AvgIpc) is 2.92. The fourth-order valence-electron chi connectivity index (χ4n) is 1.93. The molecule has 1 N–H and O–H groups in total. The van der Waals surface area contributed by atoms with E-state index in [-0.39, 0.29) is 11.9 Å². The largest absolute Gasteiger partial charge is 0.472 e. The highest BCUT2D eigenvalue weighted by molar-refractivity contribution is 6.30. The summed E-state index contributed by atoms with van der Waals surface area (Å²) in [6.45, 7) is 0.700. The molecule has 0 aliphatic heterocycles. The van der Waals surface area contributed by atoms with Gasteiger partial charge in [-0.3, -0.25) is 4.79 Å². The van der Waals surface area contributed by atoms with Crippen molar-refractivity contribution in [3.63, 3.8) is 0 Å². The third kappa shape index (κ3) is 3.85. The molecule has 0 aliphatic rings. The van der Waals surface area contributed by atoms with E-state index < -0.39 is 0 Å². The number of nitrogens with one attached hydrogen (secondary N) is 1. The van der Waals surface area contributed by atoms with Crippen LogP contribution in [0.5, 0.6) is 0 Å². The summed E-state index contributed by atoms with van der Waals surface area (Å²) < 4.78 is 4.93. The van der Waals surface area contributed by atoms with Crippen LogP contribution in [-0.2, 0) is 0 Å². The van der Waals surface area contributed by atoms with Crippen LogP contribution in [0.1, 0.15) is 22.0 Å². The Morgan fingerprint density at radius 3 is 2.55 bits per heavy atom. The fourth-order valence-corrected chi connectivity index (χ4v) is 2.06. The quantitative estimate of drug-likeness (QED) is 0.921. The van der Waals surface area contributed by atoms with Crippen LogP contribution in [0.25, 0.3) is 0 Å². The van der Waals surface area contributed by atoms with E-state index in [0.717, 1.165) is 5.56 Å². The SMILES string of the molecule is CN(C)C[C@@H](NC(=O)c1ccoc1)c1ccc(Cl)cc1. The predicted octanol–water partition coefficient (Wildman–Crippen LogP) is 2.97. The number of amides is 1. The molecule has 0 aliphatic carbocycles. The van der Waals surface area contributed by atoms with E-state index in [4.69, 9.17) is 16.0 Å². The van der Waals surface area contributed by atoms with Crippen molar-refractivity contribution in [2.75, 3.05) is 20.6 Å². The van der Waals surface area contributed by atoms with Crippen molar-refractivity contribution in [2.45, 2.75) is 6.04 Å². The van der Waals surface area contributed by atoms with Crippen molar-refractivity contribution in [3.05, 3.63) is 59.0 Å². The summed E-state index contributed by atoms with van der Waals surface area (Å²) in [5, 5.41) is 3.68. The second kappa shape index (κ2) is 6.59. The molecule has 20 heavy (non-hydrogen) atoms. The molecule has 0 saturated heterocycles. The van der Waals surface area contributed by atoms with Gasteiger partial charge < -0.3 is 14.6 Å². The smallest absolute Gasteiger partial charge is 0.255 e. The van der Waals surface area contributed by atoms with Crippen LogP contribution in [0.15, 0.2) is 47.3 Å². The van der Waals surface area contributed by atoms with E-state index in [2.05, 4.69) is 5.32 Å². The zero-order valence-corrected chi connectivity index (χ0v) is 12.2. The highest BCUT2D eigenvalue weighted by Gasteiger charge is 2.17. The Kier molecular flexibility index (Phi) is 4.82. The molecule has 0 fully saturated rings. The summed E-state index contributed by atoms with van der Waals surface area (Å²) in [4.78, 5) is 14.1. The Morgan fingerprint density at radius 2 is 2.00 bits per heavy atom. The maximum absolute atomic E-state index is 12.1. The number of rotatable bonds is 5. The number of nitrogens with zero attached hydrogens (tertiary/aromatic N) is 1. The fraction of sp³-hybridized carbons (Fsp3) is 0.267. The zero-order valence-electron chi connectivity index (χ0n) is 11.5. The molecule has 2 rings (SSSR count). The number of hydrogen-bond acceptors (Lipinski definition) is 3. The normalized spacial score (nSPS) is 12.4. The number of hydrogen-bond donors (Lipinski definition) is 1. The molecule has 4 nitrogen and oxygen atoms in total. The highest BCUT2D eigenvalue weighted by atomic mass is 35.5. The minimum absolute atomic E-state index is 0.107. The Hall–Kier alpha value is -1.78. The third-order valence-corrected chi connectivity index (χ3v) is 3.16. The van der Waals surface area contributed by atoms with Gasteiger partial charge in [-0.15, -0.1) is 0 Å². The van der Waals surface area contributed by atoms with Gasteiger partial charge in [0.15, 0.2) is 0 Å². The minimum Gasteiger partial charge on any atom is -0.472 e. The first-order valence-electron chi connectivity index (χ1n) is 6.29. The van der Waals surface area contributed by atoms with Gasteiger partial charge in [-0.25, -0.2) is 0 Å². The summed E-state index contributed by atoms with van der Waals surface area (Å²) in [5.74, 6) is -0.152. The summed E-state index contributed by atoms with van der Waals surface area (Å²) in [7, 11) is 3.93. The average molecular weight is 293 g/mol. The number of benzene rings is 1. The Bertz CT molecular complexity index is 550. The third-order valence-electron chi connectivity index (χ3n) is 2.91. The first kappa shape index (κ1) is 14.6. The molecule has 1 aromatic carbocycles. The van der Waals surface area contributed by atoms with Gasteiger partial charge in [0.2, 0.25) is 0 Å². The molecule has 2 aromatic rings. The van der Waals surface area contributed by atoms with Crippen LogP contribution in [0.3, 0.4) is 0 Å². The monoisotopic (exact) mass is 292 g/mol. The Balaban J connectivity index is 2.15. The molecule has 1 amide bonds. The topological polar surface area (TPSA) is 45.5 Å². The Morgan fingerprint density at radius 1 is 1.30 bits per heavy atom. The molecule has 5 heteroatoms. The van der Waals surface area contributed by atoms with Crippen molar-refractivity contribution in [1.29, 1.82) is 0 Å².